The van der Waals surface area contributed by atoms with Crippen LogP contribution in [0.4, 0.5) is 5.69 Å². The number of aliphatic hydroxyl groups excluding tert-OH is 1. The number of aliphatic hydroxyl groups is 1. The van der Waals surface area contributed by atoms with Gasteiger partial charge in [0, 0.05) is 11.1 Å². The summed E-state index contributed by atoms with van der Waals surface area (Å²) in [5.41, 5.74) is 2.08. The highest BCUT2D eigenvalue weighted by molar-refractivity contribution is 6.17. The fraction of sp³-hybridized carbons (Fsp3) is 0.304. The van der Waals surface area contributed by atoms with E-state index in [1.807, 2.05) is 54.6 Å². The van der Waals surface area contributed by atoms with E-state index < -0.39 is 23.1 Å². The fourth-order valence-corrected chi connectivity index (χ4v) is 3.35. The van der Waals surface area contributed by atoms with Crippen molar-refractivity contribution in [2.24, 2.45) is 5.41 Å². The molecule has 140 valence electrons. The first-order valence-corrected chi connectivity index (χ1v) is 9.21. The van der Waals surface area contributed by atoms with E-state index in [0.717, 1.165) is 12.0 Å². The standard InChI is InChI=1S/C23H25NO3/c1-5-15-11-13-16(14-12-15)19-18(21(26)23(2,3)4)20(25)22(27)24(19)17-9-7-6-8-10-17/h6-14,19,25H,5H2,1-4H3. The molecule has 0 spiro atoms. The fourth-order valence-electron chi connectivity index (χ4n) is 3.35. The molecule has 1 atom stereocenters. The molecular weight excluding hydrogens is 338 g/mol. The van der Waals surface area contributed by atoms with Gasteiger partial charge in [0.2, 0.25) is 0 Å². The van der Waals surface area contributed by atoms with Crippen molar-refractivity contribution in [1.29, 1.82) is 0 Å². The molecule has 3 rings (SSSR count). The molecule has 4 heteroatoms. The van der Waals surface area contributed by atoms with Crippen molar-refractivity contribution in [3.05, 3.63) is 77.1 Å². The van der Waals surface area contributed by atoms with Crippen LogP contribution in [0.5, 0.6) is 0 Å². The molecule has 27 heavy (non-hydrogen) atoms. The third-order valence-electron chi connectivity index (χ3n) is 4.87. The average molecular weight is 363 g/mol. The van der Waals surface area contributed by atoms with Crippen molar-refractivity contribution in [2.75, 3.05) is 4.90 Å². The molecule has 1 N–H and O–H groups in total. The number of aryl methyl sites for hydroxylation is 1. The van der Waals surface area contributed by atoms with Gasteiger partial charge in [0.15, 0.2) is 11.5 Å². The largest absolute Gasteiger partial charge is 0.503 e. The molecule has 0 saturated carbocycles. The zero-order chi connectivity index (χ0) is 19.8. The smallest absolute Gasteiger partial charge is 0.294 e. The zero-order valence-electron chi connectivity index (χ0n) is 16.2. The number of amides is 1. The lowest BCUT2D eigenvalue weighted by Crippen LogP contribution is -2.32. The van der Waals surface area contributed by atoms with Crippen LogP contribution in [0.2, 0.25) is 0 Å². The highest BCUT2D eigenvalue weighted by Gasteiger charge is 2.46. The van der Waals surface area contributed by atoms with Gasteiger partial charge in [-0.1, -0.05) is 70.2 Å². The highest BCUT2D eigenvalue weighted by atomic mass is 16.3. The van der Waals surface area contributed by atoms with Crippen molar-refractivity contribution in [2.45, 2.75) is 40.2 Å². The number of Topliss-reactive ketones (excluding diaryl/α,β-unsaturated/α-hetero) is 1. The normalized spacial score (nSPS) is 17.6. The second kappa shape index (κ2) is 7.03. The molecule has 1 aliphatic rings. The summed E-state index contributed by atoms with van der Waals surface area (Å²) < 4.78 is 0. The molecule has 0 bridgehead atoms. The second-order valence-corrected chi connectivity index (χ2v) is 7.85. The van der Waals surface area contributed by atoms with Gasteiger partial charge in [0.25, 0.3) is 5.91 Å². The Kier molecular flexibility index (Phi) is 4.92. The van der Waals surface area contributed by atoms with Gasteiger partial charge in [0.1, 0.15) is 0 Å². The van der Waals surface area contributed by atoms with Crippen LogP contribution < -0.4 is 4.90 Å². The highest BCUT2D eigenvalue weighted by Crippen LogP contribution is 2.43. The molecule has 2 aromatic rings. The maximum atomic E-state index is 13.1. The number of hydrogen-bond donors (Lipinski definition) is 1. The summed E-state index contributed by atoms with van der Waals surface area (Å²) in [6.45, 7) is 7.46. The van der Waals surface area contributed by atoms with E-state index >= 15 is 0 Å². The number of benzene rings is 2. The third kappa shape index (κ3) is 3.39. The molecule has 0 fully saturated rings. The summed E-state index contributed by atoms with van der Waals surface area (Å²) in [5, 5.41) is 10.6. The molecule has 1 heterocycles. The van der Waals surface area contributed by atoms with Gasteiger partial charge in [0.05, 0.1) is 11.6 Å². The summed E-state index contributed by atoms with van der Waals surface area (Å²) in [4.78, 5) is 27.5. The molecule has 0 radical (unpaired) electrons. The number of carbonyl (C=O) groups is 2. The van der Waals surface area contributed by atoms with Crippen LogP contribution in [-0.2, 0) is 16.0 Å². The Balaban J connectivity index is 2.18. The quantitative estimate of drug-likeness (QED) is 0.852. The van der Waals surface area contributed by atoms with Crippen LogP contribution in [0.25, 0.3) is 0 Å². The Morgan fingerprint density at radius 2 is 1.63 bits per heavy atom. The molecule has 2 aromatic carbocycles. The average Bonchev–Trinajstić information content (AvgIpc) is 2.92. The Labute approximate surface area is 160 Å². The predicted molar refractivity (Wildman–Crippen MR) is 107 cm³/mol. The van der Waals surface area contributed by atoms with Crippen molar-refractivity contribution < 1.29 is 14.7 Å². The summed E-state index contributed by atoms with van der Waals surface area (Å²) in [6, 6.07) is 16.4. The lowest BCUT2D eigenvalue weighted by Gasteiger charge is -2.29. The molecule has 1 amide bonds. The maximum absolute atomic E-state index is 13.1. The molecule has 0 aliphatic carbocycles. The number of anilines is 1. The number of carbonyl (C=O) groups excluding carboxylic acids is 2. The lowest BCUT2D eigenvalue weighted by atomic mass is 9.82. The van der Waals surface area contributed by atoms with E-state index in [2.05, 4.69) is 6.92 Å². The van der Waals surface area contributed by atoms with Gasteiger partial charge in [-0.25, -0.2) is 0 Å². The first-order valence-electron chi connectivity index (χ1n) is 9.21. The molecule has 0 aromatic heterocycles. The number of rotatable bonds is 4. The first kappa shape index (κ1) is 18.9. The summed E-state index contributed by atoms with van der Waals surface area (Å²) in [7, 11) is 0. The molecule has 1 unspecified atom stereocenters. The van der Waals surface area contributed by atoms with Gasteiger partial charge in [-0.2, -0.15) is 0 Å². The van der Waals surface area contributed by atoms with Crippen LogP contribution >= 0.6 is 0 Å². The monoisotopic (exact) mass is 363 g/mol. The van der Waals surface area contributed by atoms with Gasteiger partial charge in [-0.05, 0) is 29.7 Å². The number of nitrogens with zero attached hydrogens (tertiary/aromatic N) is 1. The minimum Gasteiger partial charge on any atom is -0.503 e. The number of ketones is 1. The van der Waals surface area contributed by atoms with Crippen LogP contribution in [-0.4, -0.2) is 16.8 Å². The maximum Gasteiger partial charge on any atom is 0.294 e. The number of para-hydroxylation sites is 1. The Morgan fingerprint density at radius 3 is 2.15 bits per heavy atom. The Hall–Kier alpha value is -2.88. The van der Waals surface area contributed by atoms with Gasteiger partial charge >= 0.3 is 0 Å². The van der Waals surface area contributed by atoms with Crippen LogP contribution in [0.15, 0.2) is 65.9 Å². The molecule has 4 nitrogen and oxygen atoms in total. The Morgan fingerprint density at radius 1 is 1.04 bits per heavy atom. The van der Waals surface area contributed by atoms with E-state index in [-0.39, 0.29) is 11.4 Å². The van der Waals surface area contributed by atoms with Crippen molar-refractivity contribution in [3.63, 3.8) is 0 Å². The van der Waals surface area contributed by atoms with Gasteiger partial charge in [-0.15, -0.1) is 0 Å². The van der Waals surface area contributed by atoms with Crippen LogP contribution in [0, 0.1) is 5.41 Å². The van der Waals surface area contributed by atoms with Crippen molar-refractivity contribution in [1.82, 2.24) is 0 Å². The van der Waals surface area contributed by atoms with Crippen LogP contribution in [0.3, 0.4) is 0 Å². The van der Waals surface area contributed by atoms with E-state index in [1.54, 1.807) is 20.8 Å². The molecular formula is C23H25NO3. The summed E-state index contributed by atoms with van der Waals surface area (Å²) in [5.74, 6) is -1.22. The molecule has 1 aliphatic heterocycles. The van der Waals surface area contributed by atoms with Gasteiger partial charge < -0.3 is 5.11 Å². The number of hydrogen-bond acceptors (Lipinski definition) is 3. The Bertz CT molecular complexity index is 889. The van der Waals surface area contributed by atoms with E-state index in [0.29, 0.717) is 5.69 Å². The zero-order valence-corrected chi connectivity index (χ0v) is 16.2. The lowest BCUT2D eigenvalue weighted by molar-refractivity contribution is -0.123. The topological polar surface area (TPSA) is 57.6 Å². The summed E-state index contributed by atoms with van der Waals surface area (Å²) >= 11 is 0. The van der Waals surface area contributed by atoms with E-state index in [9.17, 15) is 14.7 Å². The third-order valence-corrected chi connectivity index (χ3v) is 4.87. The minimum absolute atomic E-state index is 0.167. The van der Waals surface area contributed by atoms with E-state index in [4.69, 9.17) is 0 Å². The molecule has 0 saturated heterocycles. The minimum atomic E-state index is -0.710. The predicted octanol–water partition coefficient (Wildman–Crippen LogP) is 4.76. The van der Waals surface area contributed by atoms with Crippen molar-refractivity contribution in [3.8, 4) is 0 Å². The van der Waals surface area contributed by atoms with Gasteiger partial charge in [-0.3, -0.25) is 14.5 Å². The van der Waals surface area contributed by atoms with Crippen molar-refractivity contribution >= 4 is 17.4 Å². The second-order valence-electron chi connectivity index (χ2n) is 7.85. The first-order chi connectivity index (χ1) is 12.8. The summed E-state index contributed by atoms with van der Waals surface area (Å²) in [6.07, 6.45) is 0.904. The van der Waals surface area contributed by atoms with Crippen LogP contribution in [0.1, 0.15) is 44.9 Å². The van der Waals surface area contributed by atoms with E-state index in [1.165, 1.54) is 10.5 Å². The SMILES string of the molecule is CCc1ccc(C2C(C(=O)C(C)(C)C)=C(O)C(=O)N2c2ccccc2)cc1.